The highest BCUT2D eigenvalue weighted by Crippen LogP contribution is 2.28. The van der Waals surface area contributed by atoms with E-state index in [1.165, 1.54) is 0 Å². The van der Waals surface area contributed by atoms with Crippen LogP contribution in [0.5, 0.6) is 5.75 Å². The number of amides is 1. The van der Waals surface area contributed by atoms with Crippen molar-refractivity contribution in [2.75, 3.05) is 13.7 Å². The van der Waals surface area contributed by atoms with Crippen LogP contribution in [0.15, 0.2) is 42.5 Å². The lowest BCUT2D eigenvalue weighted by molar-refractivity contribution is -0.136. The maximum Gasteiger partial charge on any atom is 0.307 e. The van der Waals surface area contributed by atoms with Gasteiger partial charge in [-0.1, -0.05) is 43.3 Å². The fourth-order valence-corrected chi connectivity index (χ4v) is 3.44. The Balaban J connectivity index is 2.07. The van der Waals surface area contributed by atoms with E-state index >= 15 is 0 Å². The predicted molar refractivity (Wildman–Crippen MR) is 118 cm³/mol. The first-order chi connectivity index (χ1) is 14.4. The van der Waals surface area contributed by atoms with E-state index in [-0.39, 0.29) is 12.3 Å². The molecule has 1 amide bonds. The third-order valence-corrected chi connectivity index (χ3v) is 5.01. The molecule has 0 aliphatic carbocycles. The minimum Gasteiger partial charge on any atom is -0.496 e. The summed E-state index contributed by atoms with van der Waals surface area (Å²) in [5, 5.41) is 17.2. The summed E-state index contributed by atoms with van der Waals surface area (Å²) in [5.41, 5.74) is 3.78. The highest BCUT2D eigenvalue weighted by molar-refractivity contribution is 5.96. The molecule has 0 radical (unpaired) electrons. The Hall–Kier alpha value is -3.15. The number of carbonyl (C=O) groups excluding carboxylic acids is 1. The quantitative estimate of drug-likeness (QED) is 0.444. The van der Waals surface area contributed by atoms with Gasteiger partial charge in [0, 0.05) is 24.9 Å². The van der Waals surface area contributed by atoms with E-state index in [4.69, 9.17) is 15.3 Å². The van der Waals surface area contributed by atoms with E-state index in [0.29, 0.717) is 36.5 Å². The van der Waals surface area contributed by atoms with Crippen molar-refractivity contribution in [3.05, 3.63) is 53.6 Å². The van der Waals surface area contributed by atoms with Gasteiger partial charge in [-0.25, -0.2) is 0 Å². The van der Waals surface area contributed by atoms with Crippen LogP contribution in [0.3, 0.4) is 0 Å². The van der Waals surface area contributed by atoms with Crippen molar-refractivity contribution >= 4 is 17.7 Å². The summed E-state index contributed by atoms with van der Waals surface area (Å²) in [6.45, 7) is 4.23. The van der Waals surface area contributed by atoms with Crippen LogP contribution in [0.4, 0.5) is 0 Å². The van der Waals surface area contributed by atoms with Crippen LogP contribution in [-0.2, 0) is 22.4 Å². The lowest BCUT2D eigenvalue weighted by Gasteiger charge is -2.21. The van der Waals surface area contributed by atoms with Crippen LogP contribution in [0.1, 0.15) is 44.2 Å². The monoisotopic (exact) mass is 410 g/mol. The van der Waals surface area contributed by atoms with Crippen LogP contribution < -0.4 is 4.74 Å². The van der Waals surface area contributed by atoms with Crippen LogP contribution in [0, 0.1) is 5.41 Å². The van der Waals surface area contributed by atoms with Gasteiger partial charge in [-0.3, -0.25) is 15.0 Å². The largest absolute Gasteiger partial charge is 0.496 e. The van der Waals surface area contributed by atoms with Crippen molar-refractivity contribution in [3.8, 4) is 16.9 Å². The molecule has 2 N–H and O–H groups in total. The molecule has 0 fully saturated rings. The van der Waals surface area contributed by atoms with E-state index in [9.17, 15) is 9.59 Å². The van der Waals surface area contributed by atoms with Crippen LogP contribution in [0.25, 0.3) is 11.1 Å². The molecule has 0 aromatic heterocycles. The van der Waals surface area contributed by atoms with Crippen molar-refractivity contribution in [3.63, 3.8) is 0 Å². The summed E-state index contributed by atoms with van der Waals surface area (Å²) in [4.78, 5) is 24.4. The number of aryl methyl sites for hydroxylation is 1. The van der Waals surface area contributed by atoms with Crippen molar-refractivity contribution in [1.82, 2.24) is 4.90 Å². The summed E-state index contributed by atoms with van der Waals surface area (Å²) in [5.74, 6) is 0.0361. The second kappa shape index (κ2) is 11.1. The van der Waals surface area contributed by atoms with Gasteiger partial charge >= 0.3 is 5.97 Å². The van der Waals surface area contributed by atoms with Gasteiger partial charge < -0.3 is 14.7 Å². The number of aliphatic carboxylic acids is 1. The lowest BCUT2D eigenvalue weighted by Crippen LogP contribution is -2.35. The number of carbonyl (C=O) groups is 2. The first-order valence-corrected chi connectivity index (χ1v) is 10.2. The van der Waals surface area contributed by atoms with Crippen molar-refractivity contribution in [2.24, 2.45) is 0 Å². The van der Waals surface area contributed by atoms with E-state index in [0.717, 1.165) is 29.5 Å². The third kappa shape index (κ3) is 6.17. The van der Waals surface area contributed by atoms with Gasteiger partial charge in [0.1, 0.15) is 11.6 Å². The molecule has 0 saturated carbocycles. The minimum absolute atomic E-state index is 0.00945. The normalized spacial score (nSPS) is 10.5. The second-order valence-electron chi connectivity index (χ2n) is 7.09. The van der Waals surface area contributed by atoms with Crippen molar-refractivity contribution in [2.45, 2.75) is 46.0 Å². The third-order valence-electron chi connectivity index (χ3n) is 5.01. The zero-order chi connectivity index (χ0) is 22.1. The van der Waals surface area contributed by atoms with Gasteiger partial charge in [0.25, 0.3) is 0 Å². The van der Waals surface area contributed by atoms with Crippen molar-refractivity contribution < 1.29 is 19.4 Å². The molecule has 30 heavy (non-hydrogen) atoms. The average Bonchev–Trinajstić information content (AvgIpc) is 2.74. The molecule has 2 rings (SSSR count). The number of methoxy groups -OCH3 is 1. The Kier molecular flexibility index (Phi) is 8.59. The van der Waals surface area contributed by atoms with E-state index in [2.05, 4.69) is 12.1 Å². The Bertz CT molecular complexity index is 908. The molecule has 0 aliphatic rings. The van der Waals surface area contributed by atoms with Gasteiger partial charge in [-0.2, -0.15) is 0 Å². The molecule has 0 unspecified atom stereocenters. The molecule has 0 aliphatic heterocycles. The topological polar surface area (TPSA) is 90.7 Å². The maximum atomic E-state index is 11.9. The molecule has 2 aromatic rings. The molecule has 2 aromatic carbocycles. The Morgan fingerprint density at radius 1 is 1.10 bits per heavy atom. The number of carboxylic acids is 1. The first-order valence-electron chi connectivity index (χ1n) is 10.2. The van der Waals surface area contributed by atoms with Gasteiger partial charge in [-0.15, -0.1) is 0 Å². The zero-order valence-electron chi connectivity index (χ0n) is 17.9. The zero-order valence-corrected chi connectivity index (χ0v) is 17.9. The lowest BCUT2D eigenvalue weighted by atomic mass is 9.98. The number of ether oxygens (including phenoxy) is 1. The molecule has 6 heteroatoms. The molecule has 0 saturated heterocycles. The molecule has 0 atom stereocenters. The van der Waals surface area contributed by atoms with Crippen molar-refractivity contribution in [1.29, 1.82) is 5.41 Å². The molecule has 0 spiro atoms. The molecule has 160 valence electrons. The first kappa shape index (κ1) is 23.1. The summed E-state index contributed by atoms with van der Waals surface area (Å²) < 4.78 is 5.37. The number of benzene rings is 2. The Labute approximate surface area is 178 Å². The summed E-state index contributed by atoms with van der Waals surface area (Å²) in [6.07, 6.45) is 2.48. The highest BCUT2D eigenvalue weighted by atomic mass is 16.5. The van der Waals surface area contributed by atoms with Crippen LogP contribution >= 0.6 is 0 Å². The minimum atomic E-state index is -0.893. The Morgan fingerprint density at radius 3 is 2.47 bits per heavy atom. The highest BCUT2D eigenvalue weighted by Gasteiger charge is 2.14. The second-order valence-corrected chi connectivity index (χ2v) is 7.09. The van der Waals surface area contributed by atoms with Gasteiger partial charge in [0.2, 0.25) is 5.91 Å². The van der Waals surface area contributed by atoms with Gasteiger partial charge in [0.05, 0.1) is 13.5 Å². The molecular formula is C24H30N2O4. The van der Waals surface area contributed by atoms with Crippen LogP contribution in [0.2, 0.25) is 0 Å². The number of nitrogens with one attached hydrogen (secondary N) is 1. The van der Waals surface area contributed by atoms with Gasteiger partial charge in [0.15, 0.2) is 0 Å². The number of amidine groups is 1. The SMILES string of the molecule is CCC(=O)N(CC)C(=N)CCCc1cccc(-c2ccc(CC(=O)O)c(OC)c2)c1. The molecular weight excluding hydrogens is 380 g/mol. The summed E-state index contributed by atoms with van der Waals surface area (Å²) >= 11 is 0. The average molecular weight is 411 g/mol. The smallest absolute Gasteiger partial charge is 0.307 e. The summed E-state index contributed by atoms with van der Waals surface area (Å²) in [7, 11) is 1.54. The summed E-state index contributed by atoms with van der Waals surface area (Å²) in [6, 6.07) is 13.7. The number of rotatable bonds is 10. The Morgan fingerprint density at radius 2 is 1.83 bits per heavy atom. The maximum absolute atomic E-state index is 11.9. The fraction of sp³-hybridized carbons (Fsp3) is 0.375. The van der Waals surface area contributed by atoms with Crippen LogP contribution in [-0.4, -0.2) is 41.4 Å². The van der Waals surface area contributed by atoms with E-state index in [1.807, 2.05) is 38.1 Å². The van der Waals surface area contributed by atoms with E-state index in [1.54, 1.807) is 18.1 Å². The molecule has 6 nitrogen and oxygen atoms in total. The van der Waals surface area contributed by atoms with E-state index < -0.39 is 5.97 Å². The number of hydrogen-bond acceptors (Lipinski definition) is 4. The molecule has 0 bridgehead atoms. The number of nitrogens with zero attached hydrogens (tertiary/aromatic N) is 1. The number of carboxylic acid groups (broad SMARTS) is 1. The molecule has 0 heterocycles. The predicted octanol–water partition coefficient (Wildman–Crippen LogP) is 4.55. The number of hydrogen-bond donors (Lipinski definition) is 2. The van der Waals surface area contributed by atoms with Gasteiger partial charge in [-0.05, 0) is 42.5 Å². The fourth-order valence-electron chi connectivity index (χ4n) is 3.44. The standard InChI is InChI=1S/C24H30N2O4/c1-4-23(27)26(5-2)22(25)11-7-9-17-8-6-10-18(14-17)19-12-13-20(16-24(28)29)21(15-19)30-3/h6,8,10,12-15,25H,4-5,7,9,11,16H2,1-3H3,(H,28,29).